The topological polar surface area (TPSA) is 109 Å². The lowest BCUT2D eigenvalue weighted by Gasteiger charge is -2.29. The molecule has 2 amide bonds. The van der Waals surface area contributed by atoms with Gasteiger partial charge in [-0.15, -0.1) is 5.10 Å². The fourth-order valence-corrected chi connectivity index (χ4v) is 2.62. The van der Waals surface area contributed by atoms with Crippen molar-refractivity contribution in [3.63, 3.8) is 0 Å². The summed E-state index contributed by atoms with van der Waals surface area (Å²) < 4.78 is 1.60. The monoisotopic (exact) mass is 295 g/mol. The van der Waals surface area contributed by atoms with E-state index in [0.29, 0.717) is 25.9 Å². The van der Waals surface area contributed by atoms with Gasteiger partial charge in [-0.2, -0.15) is 0 Å². The zero-order valence-electron chi connectivity index (χ0n) is 11.9. The molecule has 0 spiro atoms. The van der Waals surface area contributed by atoms with E-state index in [9.17, 15) is 14.7 Å². The van der Waals surface area contributed by atoms with Crippen molar-refractivity contribution < 1.29 is 14.7 Å². The lowest BCUT2D eigenvalue weighted by atomic mass is 9.90. The van der Waals surface area contributed by atoms with Crippen LogP contribution in [0, 0.1) is 0 Å². The van der Waals surface area contributed by atoms with Gasteiger partial charge in [0.15, 0.2) is 0 Å². The lowest BCUT2D eigenvalue weighted by Crippen LogP contribution is -2.57. The number of rotatable bonds is 5. The lowest BCUT2D eigenvalue weighted by molar-refractivity contribution is -0.145. The molecule has 2 rings (SSSR count). The maximum Gasteiger partial charge on any atom is 0.329 e. The second-order valence-corrected chi connectivity index (χ2v) is 5.35. The molecule has 1 fully saturated rings. The fourth-order valence-electron chi connectivity index (χ4n) is 2.62. The van der Waals surface area contributed by atoms with Crippen LogP contribution in [0.1, 0.15) is 38.5 Å². The molecule has 1 heterocycles. The van der Waals surface area contributed by atoms with E-state index in [0.717, 1.165) is 25.7 Å². The highest BCUT2D eigenvalue weighted by atomic mass is 16.4. The van der Waals surface area contributed by atoms with E-state index in [-0.39, 0.29) is 0 Å². The van der Waals surface area contributed by atoms with Crippen LogP contribution < -0.4 is 10.6 Å². The average molecular weight is 295 g/mol. The van der Waals surface area contributed by atoms with Crippen molar-refractivity contribution in [1.29, 1.82) is 0 Å². The first-order chi connectivity index (χ1) is 10.1. The summed E-state index contributed by atoms with van der Waals surface area (Å²) in [6, 6.07) is -0.445. The summed E-state index contributed by atoms with van der Waals surface area (Å²) in [5.41, 5.74) is -1.13. The fraction of sp³-hybridized carbons (Fsp3) is 0.692. The van der Waals surface area contributed by atoms with Crippen molar-refractivity contribution >= 4 is 12.0 Å². The number of aliphatic carboxylic acids is 1. The van der Waals surface area contributed by atoms with Crippen LogP contribution in [-0.2, 0) is 11.3 Å². The van der Waals surface area contributed by atoms with Crippen molar-refractivity contribution in [3.05, 3.63) is 12.4 Å². The zero-order chi connectivity index (χ0) is 15.1. The Kier molecular flexibility index (Phi) is 5.13. The first-order valence-electron chi connectivity index (χ1n) is 7.26. The molecule has 1 aromatic heterocycles. The quantitative estimate of drug-likeness (QED) is 0.695. The molecule has 1 saturated carbocycles. The predicted octanol–water partition coefficient (Wildman–Crippen LogP) is 0.755. The maximum atomic E-state index is 11.9. The van der Waals surface area contributed by atoms with Crippen LogP contribution in [0.5, 0.6) is 0 Å². The molecule has 116 valence electrons. The Labute approximate surface area is 122 Å². The Morgan fingerprint density at radius 1 is 1.24 bits per heavy atom. The van der Waals surface area contributed by atoms with Crippen LogP contribution in [0.3, 0.4) is 0 Å². The smallest absolute Gasteiger partial charge is 0.329 e. The van der Waals surface area contributed by atoms with Crippen molar-refractivity contribution in [2.24, 2.45) is 0 Å². The minimum atomic E-state index is -1.13. The number of hydrogen-bond donors (Lipinski definition) is 3. The molecule has 0 saturated heterocycles. The average Bonchev–Trinajstić information content (AvgIpc) is 2.84. The molecule has 8 heteroatoms. The first-order valence-corrected chi connectivity index (χ1v) is 7.26. The number of carboxylic acids is 1. The molecule has 1 aliphatic rings. The Bertz CT molecular complexity index is 466. The number of hydrogen-bond acceptors (Lipinski definition) is 4. The minimum absolute atomic E-state index is 0.366. The van der Waals surface area contributed by atoms with Gasteiger partial charge in [0.25, 0.3) is 0 Å². The summed E-state index contributed by atoms with van der Waals surface area (Å²) >= 11 is 0. The Balaban J connectivity index is 1.84. The van der Waals surface area contributed by atoms with Crippen molar-refractivity contribution in [3.8, 4) is 0 Å². The van der Waals surface area contributed by atoms with Crippen molar-refractivity contribution in [2.45, 2.75) is 50.6 Å². The highest BCUT2D eigenvalue weighted by molar-refractivity contribution is 5.86. The molecule has 1 aliphatic carbocycles. The van der Waals surface area contributed by atoms with E-state index < -0.39 is 17.5 Å². The number of nitrogens with zero attached hydrogens (tertiary/aromatic N) is 3. The molecule has 8 nitrogen and oxygen atoms in total. The van der Waals surface area contributed by atoms with Gasteiger partial charge < -0.3 is 15.7 Å². The molecule has 0 radical (unpaired) electrons. The molecule has 0 atom stereocenters. The van der Waals surface area contributed by atoms with Crippen molar-refractivity contribution in [2.75, 3.05) is 6.54 Å². The van der Waals surface area contributed by atoms with Gasteiger partial charge in [-0.3, -0.25) is 4.68 Å². The molecule has 0 bridgehead atoms. The third-order valence-corrected chi connectivity index (χ3v) is 3.82. The summed E-state index contributed by atoms with van der Waals surface area (Å²) in [6.07, 6.45) is 7.92. The molecule has 3 N–H and O–H groups in total. The minimum Gasteiger partial charge on any atom is -0.480 e. The number of amides is 2. The molecule has 21 heavy (non-hydrogen) atoms. The van der Waals surface area contributed by atoms with E-state index >= 15 is 0 Å². The van der Waals surface area contributed by atoms with Crippen molar-refractivity contribution in [1.82, 2.24) is 25.6 Å². The van der Waals surface area contributed by atoms with E-state index in [4.69, 9.17) is 0 Å². The third kappa shape index (κ3) is 4.17. The van der Waals surface area contributed by atoms with E-state index in [1.165, 1.54) is 0 Å². The van der Waals surface area contributed by atoms with Gasteiger partial charge in [0, 0.05) is 12.7 Å². The summed E-state index contributed by atoms with van der Waals surface area (Å²) in [5.74, 6) is -0.948. The normalized spacial score (nSPS) is 17.7. The number of carbonyl (C=O) groups excluding carboxylic acids is 1. The molecule has 0 aromatic carbocycles. The second-order valence-electron chi connectivity index (χ2n) is 5.35. The van der Waals surface area contributed by atoms with Gasteiger partial charge in [0.05, 0.1) is 12.7 Å². The highest BCUT2D eigenvalue weighted by Crippen LogP contribution is 2.27. The summed E-state index contributed by atoms with van der Waals surface area (Å²) in [5, 5.41) is 22.2. The third-order valence-electron chi connectivity index (χ3n) is 3.82. The predicted molar refractivity (Wildman–Crippen MR) is 74.6 cm³/mol. The van der Waals surface area contributed by atoms with Crippen LogP contribution in [-0.4, -0.2) is 44.2 Å². The Hall–Kier alpha value is -2.12. The largest absolute Gasteiger partial charge is 0.480 e. The molecule has 1 aromatic rings. The number of carboxylic acid groups (broad SMARTS) is 1. The number of carbonyl (C=O) groups is 2. The highest BCUT2D eigenvalue weighted by Gasteiger charge is 2.39. The van der Waals surface area contributed by atoms with E-state index in [2.05, 4.69) is 20.9 Å². The standard InChI is InChI=1S/C13H21N5O3/c19-11(20)13(5-3-1-2-4-6-13)16-12(21)14-7-9-18-10-8-15-17-18/h8,10H,1-7,9H2,(H,19,20)(H2,14,16,21). The van der Waals surface area contributed by atoms with E-state index in [1.807, 2.05) is 0 Å². The van der Waals surface area contributed by atoms with Gasteiger partial charge >= 0.3 is 12.0 Å². The number of aromatic nitrogens is 3. The zero-order valence-corrected chi connectivity index (χ0v) is 11.9. The van der Waals surface area contributed by atoms with Crippen LogP contribution in [0.25, 0.3) is 0 Å². The summed E-state index contributed by atoms with van der Waals surface area (Å²) in [7, 11) is 0. The van der Waals surface area contributed by atoms with Crippen LogP contribution in [0.15, 0.2) is 12.4 Å². The van der Waals surface area contributed by atoms with Gasteiger partial charge in [-0.1, -0.05) is 30.9 Å². The van der Waals surface area contributed by atoms with E-state index in [1.54, 1.807) is 17.1 Å². The SMILES string of the molecule is O=C(NCCn1ccnn1)NC1(C(=O)O)CCCCCC1. The van der Waals surface area contributed by atoms with Gasteiger partial charge in [-0.25, -0.2) is 9.59 Å². The number of nitrogens with one attached hydrogen (secondary N) is 2. The Morgan fingerprint density at radius 3 is 2.52 bits per heavy atom. The molecular weight excluding hydrogens is 274 g/mol. The Morgan fingerprint density at radius 2 is 1.95 bits per heavy atom. The van der Waals surface area contributed by atoms with Gasteiger partial charge in [0.2, 0.25) is 0 Å². The summed E-state index contributed by atoms with van der Waals surface area (Å²) in [6.45, 7) is 0.860. The first kappa shape index (κ1) is 15.3. The van der Waals surface area contributed by atoms with Crippen LogP contribution >= 0.6 is 0 Å². The van der Waals surface area contributed by atoms with Crippen LogP contribution in [0.4, 0.5) is 4.79 Å². The van der Waals surface area contributed by atoms with Gasteiger partial charge in [0.1, 0.15) is 5.54 Å². The molecule has 0 unspecified atom stereocenters. The molecular formula is C13H21N5O3. The summed E-state index contributed by atoms with van der Waals surface area (Å²) in [4.78, 5) is 23.5. The molecule has 0 aliphatic heterocycles. The van der Waals surface area contributed by atoms with Crippen LogP contribution in [0.2, 0.25) is 0 Å². The maximum absolute atomic E-state index is 11.9. The van der Waals surface area contributed by atoms with Gasteiger partial charge in [-0.05, 0) is 12.8 Å². The number of urea groups is 1. The second kappa shape index (κ2) is 7.05.